The van der Waals surface area contributed by atoms with E-state index in [2.05, 4.69) is 10.2 Å². The van der Waals surface area contributed by atoms with E-state index in [9.17, 15) is 13.2 Å². The Morgan fingerprint density at radius 3 is 2.52 bits per heavy atom. The van der Waals surface area contributed by atoms with E-state index < -0.39 is 10.0 Å². The molecule has 9 heteroatoms. The Bertz CT molecular complexity index is 988. The molecule has 1 aliphatic rings. The molecule has 1 heterocycles. The Hall–Kier alpha value is -2.78. The number of methoxy groups -OCH3 is 1. The minimum atomic E-state index is -3.45. The monoisotopic (exact) mass is 447 g/mol. The van der Waals surface area contributed by atoms with Crippen LogP contribution in [0.1, 0.15) is 5.56 Å². The Kier molecular flexibility index (Phi) is 7.75. The molecule has 2 aromatic carbocycles. The zero-order chi connectivity index (χ0) is 22.3. The molecular formula is C22H29N3O5S. The summed E-state index contributed by atoms with van der Waals surface area (Å²) < 4.78 is 37.6. The number of para-hydroxylation sites is 2. The first-order valence-electron chi connectivity index (χ1n) is 10.2. The van der Waals surface area contributed by atoms with Crippen molar-refractivity contribution < 1.29 is 22.7 Å². The van der Waals surface area contributed by atoms with E-state index in [-0.39, 0.29) is 24.8 Å². The van der Waals surface area contributed by atoms with Gasteiger partial charge in [0.25, 0.3) is 5.91 Å². The van der Waals surface area contributed by atoms with E-state index in [1.807, 2.05) is 49.4 Å². The molecule has 0 aromatic heterocycles. The van der Waals surface area contributed by atoms with Crippen LogP contribution in [0.2, 0.25) is 0 Å². The average molecular weight is 448 g/mol. The van der Waals surface area contributed by atoms with Crippen LogP contribution in [0.4, 0.5) is 5.69 Å². The zero-order valence-electron chi connectivity index (χ0n) is 17.9. The van der Waals surface area contributed by atoms with Gasteiger partial charge in [-0.25, -0.2) is 8.42 Å². The number of anilines is 1. The van der Waals surface area contributed by atoms with Crippen LogP contribution in [0.5, 0.6) is 11.5 Å². The summed E-state index contributed by atoms with van der Waals surface area (Å²) in [6.45, 7) is 3.78. The molecule has 1 N–H and O–H groups in total. The third-order valence-corrected chi connectivity index (χ3v) is 6.97. The summed E-state index contributed by atoms with van der Waals surface area (Å²) in [5.41, 5.74) is 2.00. The number of piperazine rings is 1. The summed E-state index contributed by atoms with van der Waals surface area (Å²) in [6.07, 6.45) is 0. The van der Waals surface area contributed by atoms with E-state index in [1.165, 1.54) is 4.31 Å². The van der Waals surface area contributed by atoms with Crippen molar-refractivity contribution in [1.82, 2.24) is 9.62 Å². The Labute approximate surface area is 183 Å². The van der Waals surface area contributed by atoms with Crippen molar-refractivity contribution >= 4 is 21.6 Å². The molecule has 2 aromatic rings. The first kappa shape index (κ1) is 22.9. The van der Waals surface area contributed by atoms with Gasteiger partial charge in [-0.15, -0.1) is 0 Å². The molecular weight excluding hydrogens is 418 g/mol. The first-order chi connectivity index (χ1) is 14.9. The molecule has 0 radical (unpaired) electrons. The van der Waals surface area contributed by atoms with E-state index >= 15 is 0 Å². The SMILES string of the molecule is COc1ccccc1N1CCN(S(=O)(=O)CCNC(=O)COc2cccc(C)c2)CC1. The van der Waals surface area contributed by atoms with Gasteiger partial charge >= 0.3 is 0 Å². The second-order valence-corrected chi connectivity index (χ2v) is 9.42. The highest BCUT2D eigenvalue weighted by atomic mass is 32.2. The van der Waals surface area contributed by atoms with Crippen molar-refractivity contribution in [2.24, 2.45) is 0 Å². The number of ether oxygens (including phenoxy) is 2. The lowest BCUT2D eigenvalue weighted by Gasteiger charge is -2.35. The predicted octanol–water partition coefficient (Wildman–Crippen LogP) is 1.65. The Balaban J connectivity index is 1.42. The summed E-state index contributed by atoms with van der Waals surface area (Å²) in [7, 11) is -1.83. The lowest BCUT2D eigenvalue weighted by atomic mass is 10.2. The van der Waals surface area contributed by atoms with Crippen LogP contribution < -0.4 is 19.7 Å². The third kappa shape index (κ3) is 6.35. The highest BCUT2D eigenvalue weighted by Gasteiger charge is 2.27. The number of benzene rings is 2. The van der Waals surface area contributed by atoms with Crippen LogP contribution in [-0.2, 0) is 14.8 Å². The molecule has 31 heavy (non-hydrogen) atoms. The fraction of sp³-hybridized carbons (Fsp3) is 0.409. The normalized spacial score (nSPS) is 14.8. The molecule has 168 valence electrons. The topological polar surface area (TPSA) is 88.2 Å². The smallest absolute Gasteiger partial charge is 0.257 e. The van der Waals surface area contributed by atoms with Crippen molar-refractivity contribution in [3.8, 4) is 11.5 Å². The minimum Gasteiger partial charge on any atom is -0.495 e. The van der Waals surface area contributed by atoms with Gasteiger partial charge in [0.1, 0.15) is 11.5 Å². The largest absolute Gasteiger partial charge is 0.495 e. The Morgan fingerprint density at radius 2 is 1.81 bits per heavy atom. The molecule has 0 unspecified atom stereocenters. The molecule has 3 rings (SSSR count). The van der Waals surface area contributed by atoms with Gasteiger partial charge in [-0.2, -0.15) is 4.31 Å². The van der Waals surface area contributed by atoms with Gasteiger partial charge in [0.2, 0.25) is 10.0 Å². The minimum absolute atomic E-state index is 0.0467. The van der Waals surface area contributed by atoms with Gasteiger partial charge in [-0.05, 0) is 36.8 Å². The van der Waals surface area contributed by atoms with Crippen molar-refractivity contribution in [3.63, 3.8) is 0 Å². The molecule has 1 aliphatic heterocycles. The van der Waals surface area contributed by atoms with Crippen LogP contribution in [-0.4, -0.2) is 70.8 Å². The van der Waals surface area contributed by atoms with Gasteiger partial charge < -0.3 is 19.7 Å². The second-order valence-electron chi connectivity index (χ2n) is 7.33. The average Bonchev–Trinajstić information content (AvgIpc) is 2.78. The highest BCUT2D eigenvalue weighted by molar-refractivity contribution is 7.89. The fourth-order valence-corrected chi connectivity index (χ4v) is 4.79. The molecule has 0 saturated carbocycles. The number of carbonyl (C=O) groups is 1. The molecule has 0 bridgehead atoms. The van der Waals surface area contributed by atoms with E-state index in [0.717, 1.165) is 17.0 Å². The van der Waals surface area contributed by atoms with Gasteiger partial charge in [-0.1, -0.05) is 24.3 Å². The fourth-order valence-electron chi connectivity index (χ4n) is 3.45. The van der Waals surface area contributed by atoms with E-state index in [1.54, 1.807) is 13.2 Å². The van der Waals surface area contributed by atoms with Crippen molar-refractivity contribution in [2.45, 2.75) is 6.92 Å². The lowest BCUT2D eigenvalue weighted by Crippen LogP contribution is -2.50. The maximum absolute atomic E-state index is 12.7. The first-order valence-corrected chi connectivity index (χ1v) is 11.8. The summed E-state index contributed by atoms with van der Waals surface area (Å²) in [6, 6.07) is 15.1. The summed E-state index contributed by atoms with van der Waals surface area (Å²) in [5.74, 6) is 0.889. The van der Waals surface area contributed by atoms with Crippen molar-refractivity contribution in [3.05, 3.63) is 54.1 Å². The van der Waals surface area contributed by atoms with Gasteiger partial charge in [0.05, 0.1) is 18.6 Å². The summed E-state index contributed by atoms with van der Waals surface area (Å²) in [5, 5.41) is 2.62. The molecule has 0 aliphatic carbocycles. The molecule has 8 nitrogen and oxygen atoms in total. The summed E-state index contributed by atoms with van der Waals surface area (Å²) in [4.78, 5) is 14.1. The molecule has 1 saturated heterocycles. The maximum Gasteiger partial charge on any atom is 0.257 e. The molecule has 1 fully saturated rings. The summed E-state index contributed by atoms with van der Waals surface area (Å²) >= 11 is 0. The third-order valence-electron chi connectivity index (χ3n) is 5.10. The van der Waals surface area contributed by atoms with Crippen LogP contribution >= 0.6 is 0 Å². The number of amides is 1. The van der Waals surface area contributed by atoms with Crippen LogP contribution in [0, 0.1) is 6.92 Å². The molecule has 0 atom stereocenters. The van der Waals surface area contributed by atoms with Crippen molar-refractivity contribution in [2.75, 3.05) is 57.1 Å². The van der Waals surface area contributed by atoms with Gasteiger partial charge in [-0.3, -0.25) is 4.79 Å². The van der Waals surface area contributed by atoms with E-state index in [0.29, 0.717) is 31.9 Å². The standard InChI is InChI=1S/C22H29N3O5S/c1-18-6-5-7-19(16-18)30-17-22(26)23-10-15-31(27,28)25-13-11-24(12-14-25)20-8-3-4-9-21(20)29-2/h3-9,16H,10-15,17H2,1-2H3,(H,23,26). The van der Waals surface area contributed by atoms with E-state index in [4.69, 9.17) is 9.47 Å². The van der Waals surface area contributed by atoms with Crippen molar-refractivity contribution in [1.29, 1.82) is 0 Å². The van der Waals surface area contributed by atoms with Crippen LogP contribution in [0.15, 0.2) is 48.5 Å². The van der Waals surface area contributed by atoms with Gasteiger partial charge in [0.15, 0.2) is 6.61 Å². The van der Waals surface area contributed by atoms with Crippen LogP contribution in [0.3, 0.4) is 0 Å². The highest BCUT2D eigenvalue weighted by Crippen LogP contribution is 2.28. The Morgan fingerprint density at radius 1 is 1.06 bits per heavy atom. The molecule has 0 spiro atoms. The molecule has 1 amide bonds. The predicted molar refractivity (Wildman–Crippen MR) is 120 cm³/mol. The number of carbonyl (C=O) groups excluding carboxylic acids is 1. The number of nitrogens with one attached hydrogen (secondary N) is 1. The number of sulfonamides is 1. The number of hydrogen-bond donors (Lipinski definition) is 1. The number of aryl methyl sites for hydroxylation is 1. The second kappa shape index (κ2) is 10.5. The number of rotatable bonds is 9. The zero-order valence-corrected chi connectivity index (χ0v) is 18.7. The van der Waals surface area contributed by atoms with Gasteiger partial charge in [0, 0.05) is 32.7 Å². The number of nitrogens with zero attached hydrogens (tertiary/aromatic N) is 2. The van der Waals surface area contributed by atoms with Crippen LogP contribution in [0.25, 0.3) is 0 Å². The number of hydrogen-bond acceptors (Lipinski definition) is 6. The lowest BCUT2D eigenvalue weighted by molar-refractivity contribution is -0.122. The maximum atomic E-state index is 12.7. The quantitative estimate of drug-likeness (QED) is 0.629.